The third kappa shape index (κ3) is 6.34. The third-order valence-electron chi connectivity index (χ3n) is 2.83. The standard InChI is InChI=1S/C14H26N4OS/c1-5-19-10-6-8-16-14(15-4)17-9-7-13-11(2)18-12(3)20-13/h5-10H2,1-4H3,(H2,15,16,17). The summed E-state index contributed by atoms with van der Waals surface area (Å²) < 4.78 is 5.30. The molecule has 1 rings (SSSR count). The van der Waals surface area contributed by atoms with Gasteiger partial charge in [-0.1, -0.05) is 0 Å². The topological polar surface area (TPSA) is 58.5 Å². The Morgan fingerprint density at radius 1 is 1.30 bits per heavy atom. The van der Waals surface area contributed by atoms with Crippen LogP contribution in [0.1, 0.15) is 28.9 Å². The molecule has 114 valence electrons. The highest BCUT2D eigenvalue weighted by atomic mass is 32.1. The summed E-state index contributed by atoms with van der Waals surface area (Å²) in [6.07, 6.45) is 1.97. The number of aromatic nitrogens is 1. The number of hydrogen-bond donors (Lipinski definition) is 2. The summed E-state index contributed by atoms with van der Waals surface area (Å²) in [6, 6.07) is 0. The molecule has 1 aromatic rings. The van der Waals surface area contributed by atoms with Gasteiger partial charge in [-0.05, 0) is 27.2 Å². The molecular weight excluding hydrogens is 272 g/mol. The normalized spacial score (nSPS) is 11.7. The second-order valence-corrected chi connectivity index (χ2v) is 5.76. The maximum Gasteiger partial charge on any atom is 0.190 e. The first-order valence-electron chi connectivity index (χ1n) is 7.12. The van der Waals surface area contributed by atoms with Gasteiger partial charge in [0.2, 0.25) is 0 Å². The summed E-state index contributed by atoms with van der Waals surface area (Å²) >= 11 is 1.77. The van der Waals surface area contributed by atoms with Crippen LogP contribution in [0.25, 0.3) is 0 Å². The van der Waals surface area contributed by atoms with Crippen LogP contribution in [0.15, 0.2) is 4.99 Å². The number of thiazole rings is 1. The van der Waals surface area contributed by atoms with E-state index in [1.165, 1.54) is 4.88 Å². The van der Waals surface area contributed by atoms with Crippen molar-refractivity contribution in [3.8, 4) is 0 Å². The van der Waals surface area contributed by atoms with Gasteiger partial charge in [0.15, 0.2) is 5.96 Å². The molecule has 0 atom stereocenters. The van der Waals surface area contributed by atoms with Gasteiger partial charge in [-0.25, -0.2) is 4.98 Å². The van der Waals surface area contributed by atoms with Crippen molar-refractivity contribution in [1.82, 2.24) is 15.6 Å². The Kier molecular flexibility index (Phi) is 8.22. The van der Waals surface area contributed by atoms with Gasteiger partial charge in [0.05, 0.1) is 10.7 Å². The first-order chi connectivity index (χ1) is 9.67. The average Bonchev–Trinajstić information content (AvgIpc) is 2.75. The van der Waals surface area contributed by atoms with Crippen LogP contribution in [0.2, 0.25) is 0 Å². The molecule has 0 fully saturated rings. The lowest BCUT2D eigenvalue weighted by atomic mass is 10.3. The maximum absolute atomic E-state index is 5.30. The second-order valence-electron chi connectivity index (χ2n) is 4.47. The summed E-state index contributed by atoms with van der Waals surface area (Å²) in [6.45, 7) is 9.44. The first kappa shape index (κ1) is 16.9. The Balaban J connectivity index is 2.20. The van der Waals surface area contributed by atoms with Crippen LogP contribution in [0.3, 0.4) is 0 Å². The quantitative estimate of drug-likeness (QED) is 0.437. The second kappa shape index (κ2) is 9.72. The van der Waals surface area contributed by atoms with Gasteiger partial charge in [0.25, 0.3) is 0 Å². The van der Waals surface area contributed by atoms with Crippen LogP contribution in [-0.2, 0) is 11.2 Å². The fourth-order valence-electron chi connectivity index (χ4n) is 1.85. The number of ether oxygens (including phenoxy) is 1. The lowest BCUT2D eigenvalue weighted by Gasteiger charge is -2.11. The van der Waals surface area contributed by atoms with Crippen LogP contribution in [0.5, 0.6) is 0 Å². The fraction of sp³-hybridized carbons (Fsp3) is 0.714. The molecule has 0 bridgehead atoms. The maximum atomic E-state index is 5.30. The van der Waals surface area contributed by atoms with Crippen molar-refractivity contribution in [2.24, 2.45) is 4.99 Å². The van der Waals surface area contributed by atoms with Crippen molar-refractivity contribution < 1.29 is 4.74 Å². The highest BCUT2D eigenvalue weighted by Gasteiger charge is 2.04. The van der Waals surface area contributed by atoms with Gasteiger partial charge >= 0.3 is 0 Å². The van der Waals surface area contributed by atoms with Crippen molar-refractivity contribution >= 4 is 17.3 Å². The average molecular weight is 298 g/mol. The van der Waals surface area contributed by atoms with Crippen LogP contribution in [0, 0.1) is 13.8 Å². The zero-order valence-electron chi connectivity index (χ0n) is 13.0. The van der Waals surface area contributed by atoms with E-state index < -0.39 is 0 Å². The monoisotopic (exact) mass is 298 g/mol. The lowest BCUT2D eigenvalue weighted by Crippen LogP contribution is -2.39. The number of hydrogen-bond acceptors (Lipinski definition) is 4. The minimum absolute atomic E-state index is 0.778. The zero-order chi connectivity index (χ0) is 14.8. The number of guanidine groups is 1. The van der Waals surface area contributed by atoms with E-state index in [9.17, 15) is 0 Å². The molecule has 2 N–H and O–H groups in total. The van der Waals surface area contributed by atoms with Crippen LogP contribution in [0.4, 0.5) is 0 Å². The van der Waals surface area contributed by atoms with E-state index in [4.69, 9.17) is 4.74 Å². The Morgan fingerprint density at radius 2 is 2.05 bits per heavy atom. The molecule has 0 saturated carbocycles. The molecule has 20 heavy (non-hydrogen) atoms. The van der Waals surface area contributed by atoms with E-state index in [1.807, 2.05) is 13.8 Å². The van der Waals surface area contributed by atoms with E-state index in [0.717, 1.165) is 55.8 Å². The van der Waals surface area contributed by atoms with Gasteiger partial charge in [0, 0.05) is 44.6 Å². The SMILES string of the molecule is CCOCCCNC(=NC)NCCc1sc(C)nc1C. The molecule has 0 aliphatic rings. The summed E-state index contributed by atoms with van der Waals surface area (Å²) in [5, 5.41) is 7.74. The minimum atomic E-state index is 0.778. The molecule has 5 nitrogen and oxygen atoms in total. The predicted octanol–water partition coefficient (Wildman–Crippen LogP) is 1.89. The van der Waals surface area contributed by atoms with Crippen LogP contribution >= 0.6 is 11.3 Å². The molecule has 6 heteroatoms. The molecule has 0 saturated heterocycles. The van der Waals surface area contributed by atoms with Crippen molar-refractivity contribution in [2.75, 3.05) is 33.4 Å². The largest absolute Gasteiger partial charge is 0.382 e. The summed E-state index contributed by atoms with van der Waals surface area (Å²) in [5.41, 5.74) is 1.15. The summed E-state index contributed by atoms with van der Waals surface area (Å²) in [7, 11) is 1.79. The molecule has 0 amide bonds. The molecular formula is C14H26N4OS. The molecule has 1 heterocycles. The van der Waals surface area contributed by atoms with Crippen LogP contribution < -0.4 is 10.6 Å². The molecule has 0 spiro atoms. The van der Waals surface area contributed by atoms with E-state index in [2.05, 4.69) is 27.5 Å². The number of aliphatic imine (C=N–C) groups is 1. The van der Waals surface area contributed by atoms with E-state index in [-0.39, 0.29) is 0 Å². The highest BCUT2D eigenvalue weighted by molar-refractivity contribution is 7.11. The minimum Gasteiger partial charge on any atom is -0.382 e. The molecule has 0 aromatic carbocycles. The fourth-order valence-corrected chi connectivity index (χ4v) is 2.78. The molecule has 0 unspecified atom stereocenters. The van der Waals surface area contributed by atoms with E-state index >= 15 is 0 Å². The van der Waals surface area contributed by atoms with Gasteiger partial charge in [-0.15, -0.1) is 11.3 Å². The third-order valence-corrected chi connectivity index (χ3v) is 3.96. The number of rotatable bonds is 8. The zero-order valence-corrected chi connectivity index (χ0v) is 13.8. The smallest absolute Gasteiger partial charge is 0.190 e. The van der Waals surface area contributed by atoms with Crippen molar-refractivity contribution in [3.63, 3.8) is 0 Å². The summed E-state index contributed by atoms with van der Waals surface area (Å²) in [5.74, 6) is 0.848. The number of aryl methyl sites for hydroxylation is 2. The Morgan fingerprint density at radius 3 is 2.65 bits per heavy atom. The van der Waals surface area contributed by atoms with Gasteiger partial charge in [-0.2, -0.15) is 0 Å². The summed E-state index contributed by atoms with van der Waals surface area (Å²) in [4.78, 5) is 9.99. The number of nitrogens with zero attached hydrogens (tertiary/aromatic N) is 2. The molecule has 0 aliphatic carbocycles. The Bertz CT molecular complexity index is 417. The van der Waals surface area contributed by atoms with Gasteiger partial charge in [-0.3, -0.25) is 4.99 Å². The Hall–Kier alpha value is -1.14. The van der Waals surface area contributed by atoms with Gasteiger partial charge in [0.1, 0.15) is 0 Å². The highest BCUT2D eigenvalue weighted by Crippen LogP contribution is 2.16. The van der Waals surface area contributed by atoms with Crippen molar-refractivity contribution in [3.05, 3.63) is 15.6 Å². The predicted molar refractivity (Wildman–Crippen MR) is 85.8 cm³/mol. The van der Waals surface area contributed by atoms with Crippen molar-refractivity contribution in [1.29, 1.82) is 0 Å². The van der Waals surface area contributed by atoms with E-state index in [0.29, 0.717) is 0 Å². The number of nitrogens with one attached hydrogen (secondary N) is 2. The van der Waals surface area contributed by atoms with E-state index in [1.54, 1.807) is 18.4 Å². The lowest BCUT2D eigenvalue weighted by molar-refractivity contribution is 0.145. The van der Waals surface area contributed by atoms with Crippen molar-refractivity contribution in [2.45, 2.75) is 33.6 Å². The molecule has 0 aliphatic heterocycles. The van der Waals surface area contributed by atoms with Crippen LogP contribution in [-0.4, -0.2) is 44.3 Å². The molecule has 1 aromatic heterocycles. The van der Waals surface area contributed by atoms with Gasteiger partial charge < -0.3 is 15.4 Å². The molecule has 0 radical (unpaired) electrons. The Labute approximate surface area is 125 Å². The first-order valence-corrected chi connectivity index (χ1v) is 7.94.